The van der Waals surface area contributed by atoms with Crippen molar-refractivity contribution in [2.24, 2.45) is 0 Å². The molecule has 0 saturated heterocycles. The molecule has 0 aromatic carbocycles. The summed E-state index contributed by atoms with van der Waals surface area (Å²) in [6.07, 6.45) is 1.69. The molecular weight excluding hydrogens is 244 g/mol. The lowest BCUT2D eigenvalue weighted by atomic mass is 10.3. The van der Waals surface area contributed by atoms with E-state index in [0.29, 0.717) is 5.69 Å². The molecule has 2 rings (SSSR count). The molecule has 4 nitrogen and oxygen atoms in total. The Morgan fingerprint density at radius 2 is 2.38 bits per heavy atom. The third-order valence-electron chi connectivity index (χ3n) is 1.69. The van der Waals surface area contributed by atoms with E-state index >= 15 is 0 Å². The van der Waals surface area contributed by atoms with Crippen molar-refractivity contribution in [2.45, 2.75) is 15.8 Å². The lowest BCUT2D eigenvalue weighted by Crippen LogP contribution is -1.99. The monoisotopic (exact) mass is 252 g/mol. The molecule has 0 bridgehead atoms. The predicted octanol–water partition coefficient (Wildman–Crippen LogP) is 2.32. The number of rotatable bonds is 4. The van der Waals surface area contributed by atoms with Crippen LogP contribution >= 0.6 is 23.1 Å². The summed E-state index contributed by atoms with van der Waals surface area (Å²) in [5, 5.41) is 11.2. The standard InChI is InChI=1S/C10H8N2O2S2/c13-9(14)5-7-6-15-10(12-7)16-8-3-1-2-4-11-8/h1-4,6H,5H2,(H,13,14). The maximum atomic E-state index is 10.5. The van der Waals surface area contributed by atoms with Crippen molar-refractivity contribution >= 4 is 29.1 Å². The molecule has 16 heavy (non-hydrogen) atoms. The van der Waals surface area contributed by atoms with Crippen molar-refractivity contribution < 1.29 is 9.90 Å². The number of aromatic nitrogens is 2. The van der Waals surface area contributed by atoms with Crippen molar-refractivity contribution in [1.29, 1.82) is 0 Å². The van der Waals surface area contributed by atoms with Crippen LogP contribution in [0.4, 0.5) is 0 Å². The number of carboxylic acid groups (broad SMARTS) is 1. The minimum atomic E-state index is -0.861. The maximum absolute atomic E-state index is 10.5. The molecule has 6 heteroatoms. The summed E-state index contributed by atoms with van der Waals surface area (Å²) in [6.45, 7) is 0. The SMILES string of the molecule is O=C(O)Cc1csc(Sc2ccccn2)n1. The van der Waals surface area contributed by atoms with Gasteiger partial charge in [-0.2, -0.15) is 0 Å². The smallest absolute Gasteiger partial charge is 0.309 e. The molecule has 0 atom stereocenters. The second-order valence-electron chi connectivity index (χ2n) is 2.95. The Hall–Kier alpha value is -1.40. The molecule has 0 amide bonds. The molecule has 0 aliphatic heterocycles. The number of aliphatic carboxylic acids is 1. The van der Waals surface area contributed by atoms with Crippen LogP contribution in [0.25, 0.3) is 0 Å². The van der Waals surface area contributed by atoms with Crippen molar-refractivity contribution in [3.05, 3.63) is 35.5 Å². The van der Waals surface area contributed by atoms with Gasteiger partial charge in [0.25, 0.3) is 0 Å². The topological polar surface area (TPSA) is 63.1 Å². The highest BCUT2D eigenvalue weighted by atomic mass is 32.2. The second kappa shape index (κ2) is 5.09. The number of carboxylic acids is 1. The van der Waals surface area contributed by atoms with Gasteiger partial charge in [0.1, 0.15) is 5.03 Å². The van der Waals surface area contributed by atoms with Crippen molar-refractivity contribution in [3.63, 3.8) is 0 Å². The molecule has 0 aliphatic carbocycles. The molecule has 0 unspecified atom stereocenters. The van der Waals surface area contributed by atoms with Crippen molar-refractivity contribution in [3.8, 4) is 0 Å². The minimum absolute atomic E-state index is 0.0285. The Morgan fingerprint density at radius 1 is 1.50 bits per heavy atom. The highest BCUT2D eigenvalue weighted by molar-refractivity contribution is 8.01. The van der Waals surface area contributed by atoms with Gasteiger partial charge in [-0.25, -0.2) is 9.97 Å². The largest absolute Gasteiger partial charge is 0.481 e. The molecule has 2 aromatic heterocycles. The van der Waals surface area contributed by atoms with Gasteiger partial charge in [-0.3, -0.25) is 4.79 Å². The fraction of sp³-hybridized carbons (Fsp3) is 0.100. The van der Waals surface area contributed by atoms with Crippen LogP contribution in [0.1, 0.15) is 5.69 Å². The first-order valence-corrected chi connectivity index (χ1v) is 6.19. The number of hydrogen-bond donors (Lipinski definition) is 1. The quantitative estimate of drug-likeness (QED) is 0.904. The van der Waals surface area contributed by atoms with E-state index in [2.05, 4.69) is 9.97 Å². The van der Waals surface area contributed by atoms with Crippen LogP contribution in [0.3, 0.4) is 0 Å². The lowest BCUT2D eigenvalue weighted by Gasteiger charge is -1.94. The molecule has 2 aromatic rings. The van der Waals surface area contributed by atoms with E-state index in [-0.39, 0.29) is 6.42 Å². The fourth-order valence-electron chi connectivity index (χ4n) is 1.07. The average molecular weight is 252 g/mol. The first kappa shape index (κ1) is 11.1. The zero-order valence-corrected chi connectivity index (χ0v) is 9.79. The van der Waals surface area contributed by atoms with Crippen LogP contribution in [0.2, 0.25) is 0 Å². The molecule has 0 spiro atoms. The van der Waals surface area contributed by atoms with Gasteiger partial charge in [0.2, 0.25) is 0 Å². The first-order valence-electron chi connectivity index (χ1n) is 4.49. The van der Waals surface area contributed by atoms with Crippen LogP contribution in [0, 0.1) is 0 Å². The third-order valence-corrected chi connectivity index (χ3v) is 3.63. The van der Waals surface area contributed by atoms with Gasteiger partial charge in [0, 0.05) is 11.6 Å². The summed E-state index contributed by atoms with van der Waals surface area (Å²) >= 11 is 2.87. The molecule has 1 N–H and O–H groups in total. The fourth-order valence-corrected chi connectivity index (χ4v) is 2.81. The lowest BCUT2D eigenvalue weighted by molar-refractivity contribution is -0.136. The zero-order valence-electron chi connectivity index (χ0n) is 8.16. The highest BCUT2D eigenvalue weighted by Crippen LogP contribution is 2.28. The van der Waals surface area contributed by atoms with Crippen LogP contribution in [-0.4, -0.2) is 21.0 Å². The van der Waals surface area contributed by atoms with Crippen LogP contribution in [-0.2, 0) is 11.2 Å². The Bertz CT molecular complexity index is 485. The van der Waals surface area contributed by atoms with Gasteiger partial charge < -0.3 is 5.11 Å². The van der Waals surface area contributed by atoms with Crippen molar-refractivity contribution in [2.75, 3.05) is 0 Å². The predicted molar refractivity (Wildman–Crippen MR) is 61.8 cm³/mol. The molecular formula is C10H8N2O2S2. The highest BCUT2D eigenvalue weighted by Gasteiger charge is 2.07. The zero-order chi connectivity index (χ0) is 11.4. The summed E-state index contributed by atoms with van der Waals surface area (Å²) in [6, 6.07) is 5.64. The van der Waals surface area contributed by atoms with Crippen molar-refractivity contribution in [1.82, 2.24) is 9.97 Å². The van der Waals surface area contributed by atoms with Crippen LogP contribution in [0.15, 0.2) is 39.1 Å². The first-order chi connectivity index (χ1) is 7.74. The van der Waals surface area contributed by atoms with E-state index in [0.717, 1.165) is 9.37 Å². The van der Waals surface area contributed by atoms with Gasteiger partial charge >= 0.3 is 5.97 Å². The number of nitrogens with zero attached hydrogens (tertiary/aromatic N) is 2. The summed E-state index contributed by atoms with van der Waals surface area (Å²) in [7, 11) is 0. The maximum Gasteiger partial charge on any atom is 0.309 e. The van der Waals surface area contributed by atoms with Crippen LogP contribution < -0.4 is 0 Å². The number of thiazole rings is 1. The molecule has 82 valence electrons. The normalized spacial score (nSPS) is 10.2. The van der Waals surface area contributed by atoms with Gasteiger partial charge in [-0.15, -0.1) is 11.3 Å². The van der Waals surface area contributed by atoms with Gasteiger partial charge in [-0.1, -0.05) is 6.07 Å². The molecule has 0 aliphatic rings. The van der Waals surface area contributed by atoms with Crippen LogP contribution in [0.5, 0.6) is 0 Å². The van der Waals surface area contributed by atoms with E-state index in [1.54, 1.807) is 11.6 Å². The average Bonchev–Trinajstić information content (AvgIpc) is 2.66. The summed E-state index contributed by atoms with van der Waals surface area (Å²) in [4.78, 5) is 18.8. The summed E-state index contributed by atoms with van der Waals surface area (Å²) < 4.78 is 0.815. The Labute approximate surface area is 100 Å². The van der Waals surface area contributed by atoms with E-state index in [9.17, 15) is 4.79 Å². The molecule has 0 radical (unpaired) electrons. The molecule has 0 fully saturated rings. The Kier molecular flexibility index (Phi) is 3.53. The Morgan fingerprint density at radius 3 is 3.06 bits per heavy atom. The van der Waals surface area contributed by atoms with Gasteiger partial charge in [-0.05, 0) is 23.9 Å². The number of hydrogen-bond acceptors (Lipinski definition) is 5. The number of pyridine rings is 1. The molecule has 0 saturated carbocycles. The van der Waals surface area contributed by atoms with Gasteiger partial charge in [0.15, 0.2) is 4.34 Å². The summed E-state index contributed by atoms with van der Waals surface area (Å²) in [5.74, 6) is -0.861. The van der Waals surface area contributed by atoms with E-state index in [1.165, 1.54) is 23.1 Å². The minimum Gasteiger partial charge on any atom is -0.481 e. The van der Waals surface area contributed by atoms with Gasteiger partial charge in [0.05, 0.1) is 12.1 Å². The Balaban J connectivity index is 2.06. The second-order valence-corrected chi connectivity index (χ2v) is 5.07. The van der Waals surface area contributed by atoms with E-state index in [4.69, 9.17) is 5.11 Å². The number of carbonyl (C=O) groups is 1. The molecule has 2 heterocycles. The van der Waals surface area contributed by atoms with E-state index < -0.39 is 5.97 Å². The van der Waals surface area contributed by atoms with E-state index in [1.807, 2.05) is 18.2 Å². The third kappa shape index (κ3) is 3.04. The summed E-state index contributed by atoms with van der Waals surface area (Å²) in [5.41, 5.74) is 0.593.